The number of benzene rings is 1. The van der Waals surface area contributed by atoms with Crippen LogP contribution in [0.3, 0.4) is 0 Å². The van der Waals surface area contributed by atoms with Gasteiger partial charge in [-0.25, -0.2) is 8.42 Å². The van der Waals surface area contributed by atoms with Gasteiger partial charge in [0.1, 0.15) is 6.04 Å². The summed E-state index contributed by atoms with van der Waals surface area (Å²) < 4.78 is 31.8. The van der Waals surface area contributed by atoms with Crippen molar-refractivity contribution in [3.8, 4) is 0 Å². The predicted molar refractivity (Wildman–Crippen MR) is 92.6 cm³/mol. The zero-order valence-electron chi connectivity index (χ0n) is 14.1. The summed E-state index contributed by atoms with van der Waals surface area (Å²) >= 11 is 5.79. The van der Waals surface area contributed by atoms with Crippen molar-refractivity contribution in [1.82, 2.24) is 9.62 Å². The van der Waals surface area contributed by atoms with Crippen LogP contribution in [0.5, 0.6) is 0 Å². The van der Waals surface area contributed by atoms with Gasteiger partial charge in [-0.05, 0) is 51.0 Å². The number of carbonyl (C=O) groups is 2. The van der Waals surface area contributed by atoms with E-state index < -0.39 is 34.0 Å². The van der Waals surface area contributed by atoms with E-state index in [0.29, 0.717) is 24.4 Å². The van der Waals surface area contributed by atoms with Gasteiger partial charge in [0, 0.05) is 18.1 Å². The predicted octanol–water partition coefficient (Wildman–Crippen LogP) is 1.56. The van der Waals surface area contributed by atoms with E-state index in [4.69, 9.17) is 16.3 Å². The van der Waals surface area contributed by atoms with Crippen molar-refractivity contribution in [1.29, 1.82) is 0 Å². The number of amides is 1. The summed E-state index contributed by atoms with van der Waals surface area (Å²) in [6.45, 7) is 3.85. The number of carbonyl (C=O) groups excluding carboxylic acids is 2. The van der Waals surface area contributed by atoms with Crippen LogP contribution in [0, 0.1) is 0 Å². The second kappa shape index (κ2) is 8.16. The van der Waals surface area contributed by atoms with Crippen LogP contribution in [0.25, 0.3) is 0 Å². The number of nitrogens with zero attached hydrogens (tertiary/aromatic N) is 1. The molecule has 0 aromatic heterocycles. The summed E-state index contributed by atoms with van der Waals surface area (Å²) in [5.74, 6) is -1.13. The Hall–Kier alpha value is -1.64. The SMILES string of the molecule is CCNC(=O)[C@@H](C)OC(=O)[C@@H]1CCCN1S(=O)(=O)c1ccc(Cl)cc1. The number of nitrogens with one attached hydrogen (secondary N) is 1. The largest absolute Gasteiger partial charge is 0.451 e. The first-order valence-electron chi connectivity index (χ1n) is 8.03. The summed E-state index contributed by atoms with van der Waals surface area (Å²) in [7, 11) is -3.84. The maximum atomic E-state index is 12.8. The highest BCUT2D eigenvalue weighted by Gasteiger charge is 2.41. The minimum atomic E-state index is -3.84. The van der Waals surface area contributed by atoms with Crippen LogP contribution in [0.1, 0.15) is 26.7 Å². The third kappa shape index (κ3) is 4.50. The highest BCUT2D eigenvalue weighted by molar-refractivity contribution is 7.89. The van der Waals surface area contributed by atoms with Crippen LogP contribution in [0.2, 0.25) is 5.02 Å². The monoisotopic (exact) mass is 388 g/mol. The van der Waals surface area contributed by atoms with E-state index in [2.05, 4.69) is 5.32 Å². The Morgan fingerprint density at radius 3 is 2.60 bits per heavy atom. The van der Waals surface area contributed by atoms with Crippen molar-refractivity contribution >= 4 is 33.5 Å². The number of likely N-dealkylation sites (N-methyl/N-ethyl adjacent to an activating group) is 1. The zero-order valence-corrected chi connectivity index (χ0v) is 15.6. The first-order valence-corrected chi connectivity index (χ1v) is 9.84. The molecule has 1 fully saturated rings. The molecule has 1 saturated heterocycles. The molecule has 7 nitrogen and oxygen atoms in total. The molecule has 1 aromatic rings. The maximum absolute atomic E-state index is 12.8. The van der Waals surface area contributed by atoms with Crippen molar-refractivity contribution in [3.05, 3.63) is 29.3 Å². The van der Waals surface area contributed by atoms with Gasteiger partial charge < -0.3 is 10.1 Å². The van der Waals surface area contributed by atoms with Gasteiger partial charge in [0.15, 0.2) is 6.10 Å². The molecule has 25 heavy (non-hydrogen) atoms. The summed E-state index contributed by atoms with van der Waals surface area (Å²) in [4.78, 5) is 24.1. The fraction of sp³-hybridized carbons (Fsp3) is 0.500. The van der Waals surface area contributed by atoms with Crippen LogP contribution in [-0.4, -0.2) is 49.8 Å². The minimum absolute atomic E-state index is 0.0633. The molecule has 0 bridgehead atoms. The lowest BCUT2D eigenvalue weighted by molar-refractivity contribution is -0.157. The van der Waals surface area contributed by atoms with Gasteiger partial charge in [-0.2, -0.15) is 4.31 Å². The van der Waals surface area contributed by atoms with Gasteiger partial charge in [-0.1, -0.05) is 11.6 Å². The quantitative estimate of drug-likeness (QED) is 0.746. The van der Waals surface area contributed by atoms with Gasteiger partial charge in [0.25, 0.3) is 5.91 Å². The Kier molecular flexibility index (Phi) is 6.42. The molecule has 1 aliphatic rings. The molecule has 0 aliphatic carbocycles. The minimum Gasteiger partial charge on any atom is -0.451 e. The Morgan fingerprint density at radius 1 is 1.36 bits per heavy atom. The molecular formula is C16H21ClN2O5S. The average Bonchev–Trinajstić information content (AvgIpc) is 3.06. The van der Waals surface area contributed by atoms with Crippen LogP contribution < -0.4 is 5.32 Å². The van der Waals surface area contributed by atoms with Crippen molar-refractivity contribution in [2.24, 2.45) is 0 Å². The molecule has 2 rings (SSSR count). The molecule has 9 heteroatoms. The average molecular weight is 389 g/mol. The first-order chi connectivity index (χ1) is 11.8. The van der Waals surface area contributed by atoms with Crippen molar-refractivity contribution < 1.29 is 22.7 Å². The zero-order chi connectivity index (χ0) is 18.6. The lowest BCUT2D eigenvalue weighted by Gasteiger charge is -2.24. The standard InChI is InChI=1S/C16H21ClN2O5S/c1-3-18-15(20)11(2)24-16(21)14-5-4-10-19(14)25(22,23)13-8-6-12(17)7-9-13/h6-9,11,14H,3-5,10H2,1-2H3,(H,18,20)/t11-,14+/m1/s1. The van der Waals surface area contributed by atoms with Crippen LogP contribution >= 0.6 is 11.6 Å². The number of hydrogen-bond donors (Lipinski definition) is 1. The molecule has 1 N–H and O–H groups in total. The van der Waals surface area contributed by atoms with Crippen molar-refractivity contribution in [2.75, 3.05) is 13.1 Å². The van der Waals surface area contributed by atoms with Crippen LogP contribution in [0.4, 0.5) is 0 Å². The Morgan fingerprint density at radius 2 is 2.00 bits per heavy atom. The third-order valence-electron chi connectivity index (χ3n) is 3.91. The van der Waals surface area contributed by atoms with E-state index in [9.17, 15) is 18.0 Å². The molecular weight excluding hydrogens is 368 g/mol. The van der Waals surface area contributed by atoms with Crippen LogP contribution in [0.15, 0.2) is 29.2 Å². The van der Waals surface area contributed by atoms with Crippen molar-refractivity contribution in [2.45, 2.75) is 43.7 Å². The number of sulfonamides is 1. The molecule has 0 saturated carbocycles. The molecule has 1 aliphatic heterocycles. The molecule has 138 valence electrons. The molecule has 0 unspecified atom stereocenters. The summed E-state index contributed by atoms with van der Waals surface area (Å²) in [5, 5.41) is 2.98. The molecule has 0 spiro atoms. The number of rotatable bonds is 6. The molecule has 1 heterocycles. The lowest BCUT2D eigenvalue weighted by Crippen LogP contribution is -2.44. The first kappa shape index (κ1) is 19.7. The lowest BCUT2D eigenvalue weighted by atomic mass is 10.2. The highest BCUT2D eigenvalue weighted by atomic mass is 35.5. The second-order valence-corrected chi connectivity index (χ2v) is 8.03. The fourth-order valence-electron chi connectivity index (χ4n) is 2.63. The third-order valence-corrected chi connectivity index (χ3v) is 6.08. The number of hydrogen-bond acceptors (Lipinski definition) is 5. The number of ether oxygens (including phenoxy) is 1. The van der Waals surface area contributed by atoms with Crippen molar-refractivity contribution in [3.63, 3.8) is 0 Å². The molecule has 0 radical (unpaired) electrons. The van der Waals surface area contributed by atoms with Gasteiger partial charge in [-0.15, -0.1) is 0 Å². The fourth-order valence-corrected chi connectivity index (χ4v) is 4.40. The highest BCUT2D eigenvalue weighted by Crippen LogP contribution is 2.27. The van der Waals surface area contributed by atoms with Crippen LogP contribution in [-0.2, 0) is 24.3 Å². The second-order valence-electron chi connectivity index (χ2n) is 5.70. The van der Waals surface area contributed by atoms with Gasteiger partial charge >= 0.3 is 5.97 Å². The maximum Gasteiger partial charge on any atom is 0.325 e. The van der Waals surface area contributed by atoms with E-state index in [1.54, 1.807) is 6.92 Å². The molecule has 1 aromatic carbocycles. The normalized spacial score (nSPS) is 19.4. The summed E-state index contributed by atoms with van der Waals surface area (Å²) in [6.07, 6.45) is -0.0799. The smallest absolute Gasteiger partial charge is 0.325 e. The van der Waals surface area contributed by atoms with E-state index in [0.717, 1.165) is 4.31 Å². The van der Waals surface area contributed by atoms with E-state index in [1.165, 1.54) is 31.2 Å². The number of halogens is 1. The van der Waals surface area contributed by atoms with E-state index in [-0.39, 0.29) is 11.4 Å². The Labute approximate surface area is 152 Å². The molecule has 1 amide bonds. The van der Waals surface area contributed by atoms with E-state index in [1.807, 2.05) is 0 Å². The van der Waals surface area contributed by atoms with E-state index >= 15 is 0 Å². The van der Waals surface area contributed by atoms with Gasteiger partial charge in [0.05, 0.1) is 4.90 Å². The summed E-state index contributed by atoms with van der Waals surface area (Å²) in [6, 6.07) is 4.83. The molecule has 2 atom stereocenters. The Balaban J connectivity index is 2.15. The topological polar surface area (TPSA) is 92.8 Å². The summed E-state index contributed by atoms with van der Waals surface area (Å²) in [5.41, 5.74) is 0. The Bertz CT molecular complexity index is 735. The number of esters is 1. The van der Waals surface area contributed by atoms with Gasteiger partial charge in [0.2, 0.25) is 10.0 Å². The van der Waals surface area contributed by atoms with Gasteiger partial charge in [-0.3, -0.25) is 9.59 Å².